The molecular weight excluding hydrogens is 316 g/mol. The molecular formula is C18H28N2OSi2. The van der Waals surface area contributed by atoms with Crippen molar-refractivity contribution in [2.24, 2.45) is 0 Å². The van der Waals surface area contributed by atoms with Crippen molar-refractivity contribution in [1.82, 2.24) is 0 Å². The summed E-state index contributed by atoms with van der Waals surface area (Å²) >= 11 is 0. The molecule has 0 spiro atoms. The monoisotopic (exact) mass is 344 g/mol. The maximum absolute atomic E-state index is 6.45. The summed E-state index contributed by atoms with van der Waals surface area (Å²) in [5.74, 6) is 0. The van der Waals surface area contributed by atoms with E-state index in [-0.39, 0.29) is 0 Å². The molecule has 2 aromatic carbocycles. The topological polar surface area (TPSA) is 61.3 Å². The van der Waals surface area contributed by atoms with Crippen molar-refractivity contribution in [1.29, 1.82) is 0 Å². The van der Waals surface area contributed by atoms with Crippen molar-refractivity contribution in [2.45, 2.75) is 32.2 Å². The van der Waals surface area contributed by atoms with Gasteiger partial charge in [-0.05, 0) is 49.0 Å². The number of hydrogen-bond donors (Lipinski definition) is 2. The fraction of sp³-hybridized carbons (Fsp3) is 0.333. The number of benzene rings is 2. The summed E-state index contributed by atoms with van der Waals surface area (Å²) in [4.78, 5) is 0. The summed E-state index contributed by atoms with van der Waals surface area (Å²) < 4.78 is 6.45. The molecule has 2 aromatic rings. The minimum absolute atomic E-state index is 0.811. The Morgan fingerprint density at radius 1 is 0.783 bits per heavy atom. The van der Waals surface area contributed by atoms with Crippen LogP contribution in [0.3, 0.4) is 0 Å². The number of hydrogen-bond acceptors (Lipinski definition) is 3. The van der Waals surface area contributed by atoms with E-state index >= 15 is 0 Å². The van der Waals surface area contributed by atoms with Gasteiger partial charge in [0.25, 0.3) is 0 Å². The molecule has 0 aromatic heterocycles. The average molecular weight is 345 g/mol. The van der Waals surface area contributed by atoms with E-state index in [9.17, 15) is 0 Å². The predicted molar refractivity (Wildman–Crippen MR) is 106 cm³/mol. The lowest BCUT2D eigenvalue weighted by molar-refractivity contribution is 0.367. The molecule has 23 heavy (non-hydrogen) atoms. The van der Waals surface area contributed by atoms with Gasteiger partial charge in [-0.2, -0.15) is 0 Å². The van der Waals surface area contributed by atoms with Gasteiger partial charge >= 0.3 is 0 Å². The predicted octanol–water partition coefficient (Wildman–Crippen LogP) is 3.31. The Morgan fingerprint density at radius 2 is 1.26 bits per heavy atom. The molecule has 0 atom stereocenters. The summed E-state index contributed by atoms with van der Waals surface area (Å²) in [5, 5.41) is 1.39. The lowest BCUT2D eigenvalue weighted by atomic mass is 10.2. The minimum atomic E-state index is -1.75. The minimum Gasteiger partial charge on any atom is -0.420 e. The van der Waals surface area contributed by atoms with Crippen LogP contribution in [-0.2, 0) is 10.5 Å². The van der Waals surface area contributed by atoms with Crippen LogP contribution in [0.15, 0.2) is 48.5 Å². The first-order valence-corrected chi connectivity index (χ1v) is 14.3. The highest BCUT2D eigenvalue weighted by Gasteiger charge is 2.30. The van der Waals surface area contributed by atoms with Gasteiger partial charge in [-0.15, -0.1) is 0 Å². The molecule has 5 heteroatoms. The van der Waals surface area contributed by atoms with Gasteiger partial charge in [0.05, 0.1) is 0 Å². The Hall–Kier alpha value is -1.57. The average Bonchev–Trinajstić information content (AvgIpc) is 2.48. The Labute approximate surface area is 141 Å². The van der Waals surface area contributed by atoms with Crippen LogP contribution in [0.4, 0.5) is 11.4 Å². The number of anilines is 2. The molecule has 0 bridgehead atoms. The van der Waals surface area contributed by atoms with Crippen LogP contribution in [-0.4, -0.2) is 22.6 Å². The van der Waals surface area contributed by atoms with Crippen molar-refractivity contribution < 1.29 is 4.43 Å². The fourth-order valence-corrected chi connectivity index (χ4v) is 8.13. The van der Waals surface area contributed by atoms with Crippen LogP contribution in [0.25, 0.3) is 0 Å². The van der Waals surface area contributed by atoms with E-state index in [1.54, 1.807) is 0 Å². The molecule has 0 heterocycles. The van der Waals surface area contributed by atoms with Gasteiger partial charge in [0.15, 0.2) is 8.32 Å². The third kappa shape index (κ3) is 5.23. The first kappa shape index (κ1) is 17.8. The molecule has 0 aliphatic carbocycles. The standard InChI is InChI=1S/C18H28N2OSi2/c1-22(2,18-11-9-17(20)10-12-18)14-21-23(3,4)13-15-5-7-16(19)8-6-15/h5-12H,13-14,19-20H2,1-4H3. The van der Waals surface area contributed by atoms with Gasteiger partial charge in [0, 0.05) is 17.6 Å². The van der Waals surface area contributed by atoms with Crippen LogP contribution < -0.4 is 16.7 Å². The van der Waals surface area contributed by atoms with E-state index in [4.69, 9.17) is 15.9 Å². The van der Waals surface area contributed by atoms with Crippen LogP contribution >= 0.6 is 0 Å². The Balaban J connectivity index is 1.99. The molecule has 124 valence electrons. The van der Waals surface area contributed by atoms with Crippen LogP contribution in [0.2, 0.25) is 26.2 Å². The summed E-state index contributed by atoms with van der Waals surface area (Å²) in [6, 6.07) is 17.4. The molecule has 0 fully saturated rings. The maximum Gasteiger partial charge on any atom is 0.190 e. The fourth-order valence-electron chi connectivity index (χ4n) is 2.57. The molecule has 0 amide bonds. The molecule has 4 N–H and O–H groups in total. The molecule has 0 aliphatic heterocycles. The lowest BCUT2D eigenvalue weighted by Gasteiger charge is -2.30. The van der Waals surface area contributed by atoms with Gasteiger partial charge in [0.2, 0.25) is 0 Å². The second-order valence-electron chi connectivity index (χ2n) is 7.47. The second-order valence-corrected chi connectivity index (χ2v) is 16.3. The Morgan fingerprint density at radius 3 is 1.78 bits per heavy atom. The maximum atomic E-state index is 6.45. The van der Waals surface area contributed by atoms with Crippen molar-refractivity contribution in [3.63, 3.8) is 0 Å². The van der Waals surface area contributed by atoms with Crippen molar-refractivity contribution >= 4 is 33.0 Å². The van der Waals surface area contributed by atoms with E-state index < -0.39 is 16.4 Å². The molecule has 0 unspecified atom stereocenters. The van der Waals surface area contributed by atoms with E-state index in [1.807, 2.05) is 24.3 Å². The van der Waals surface area contributed by atoms with Gasteiger partial charge in [-0.1, -0.05) is 42.5 Å². The molecule has 0 saturated carbocycles. The van der Waals surface area contributed by atoms with Crippen LogP contribution in [0.5, 0.6) is 0 Å². The zero-order valence-corrected chi connectivity index (χ0v) is 16.6. The molecule has 3 nitrogen and oxygen atoms in total. The van der Waals surface area contributed by atoms with Crippen LogP contribution in [0, 0.1) is 0 Å². The Bertz CT molecular complexity index is 637. The van der Waals surface area contributed by atoms with E-state index in [0.717, 1.165) is 23.6 Å². The lowest BCUT2D eigenvalue weighted by Crippen LogP contribution is -2.50. The summed E-state index contributed by atoms with van der Waals surface area (Å²) in [5.41, 5.74) is 14.5. The van der Waals surface area contributed by atoms with E-state index in [1.165, 1.54) is 10.8 Å². The van der Waals surface area contributed by atoms with Gasteiger partial charge in [0.1, 0.15) is 8.07 Å². The first-order valence-electron chi connectivity index (χ1n) is 8.02. The third-order valence-electron chi connectivity index (χ3n) is 4.13. The first-order chi connectivity index (χ1) is 10.7. The highest BCUT2D eigenvalue weighted by atomic mass is 28.4. The SMILES string of the molecule is C[Si](C)(Cc1ccc(N)cc1)OC[Si](C)(C)c1ccc(N)cc1. The largest absolute Gasteiger partial charge is 0.420 e. The summed E-state index contributed by atoms with van der Waals surface area (Å²) in [6.07, 6.45) is 0.852. The summed E-state index contributed by atoms with van der Waals surface area (Å²) in [6.45, 7) is 9.28. The zero-order valence-electron chi connectivity index (χ0n) is 14.6. The van der Waals surface area contributed by atoms with Gasteiger partial charge in [-0.25, -0.2) is 0 Å². The third-order valence-corrected chi connectivity index (χ3v) is 9.36. The van der Waals surface area contributed by atoms with Crippen LogP contribution in [0.1, 0.15) is 5.56 Å². The molecule has 0 aliphatic rings. The quantitative estimate of drug-likeness (QED) is 0.624. The Kier molecular flexibility index (Phi) is 5.34. The molecule has 0 saturated heterocycles. The van der Waals surface area contributed by atoms with Crippen molar-refractivity contribution in [2.75, 3.05) is 17.7 Å². The second kappa shape index (κ2) is 6.90. The summed E-state index contributed by atoms with van der Waals surface area (Å²) in [7, 11) is -3.35. The smallest absolute Gasteiger partial charge is 0.190 e. The normalized spacial score (nSPS) is 12.3. The zero-order chi connectivity index (χ0) is 17.1. The van der Waals surface area contributed by atoms with Gasteiger partial charge < -0.3 is 15.9 Å². The van der Waals surface area contributed by atoms with Crippen molar-refractivity contribution in [3.05, 3.63) is 54.1 Å². The van der Waals surface area contributed by atoms with Gasteiger partial charge in [-0.3, -0.25) is 0 Å². The number of nitrogens with two attached hydrogens (primary N) is 2. The highest BCUT2D eigenvalue weighted by Crippen LogP contribution is 2.17. The van der Waals surface area contributed by atoms with Crippen molar-refractivity contribution in [3.8, 4) is 0 Å². The van der Waals surface area contributed by atoms with E-state index in [2.05, 4.69) is 50.5 Å². The number of nitrogen functional groups attached to an aromatic ring is 2. The number of rotatable bonds is 6. The van der Waals surface area contributed by atoms with E-state index in [0.29, 0.717) is 0 Å². The molecule has 2 rings (SSSR count). The molecule has 0 radical (unpaired) electrons. The highest BCUT2D eigenvalue weighted by molar-refractivity contribution is 6.90.